The Bertz CT molecular complexity index is 505. The van der Waals surface area contributed by atoms with Crippen molar-refractivity contribution in [2.45, 2.75) is 25.9 Å². The summed E-state index contributed by atoms with van der Waals surface area (Å²) in [6.07, 6.45) is 4.88. The number of aromatic nitrogens is 2. The maximum Gasteiger partial charge on any atom is 0.119 e. The van der Waals surface area contributed by atoms with Gasteiger partial charge >= 0.3 is 0 Å². The van der Waals surface area contributed by atoms with Crippen molar-refractivity contribution >= 4 is 0 Å². The molecular weight excluding hydrogens is 240 g/mol. The van der Waals surface area contributed by atoms with Gasteiger partial charge in [0.1, 0.15) is 5.75 Å². The lowest BCUT2D eigenvalue weighted by atomic mass is 10.0. The highest BCUT2D eigenvalue weighted by molar-refractivity contribution is 5.28. The van der Waals surface area contributed by atoms with Crippen LogP contribution in [0.4, 0.5) is 0 Å². The molecule has 2 rings (SSSR count). The van der Waals surface area contributed by atoms with E-state index in [-0.39, 0.29) is 0 Å². The van der Waals surface area contributed by atoms with E-state index < -0.39 is 6.10 Å². The molecule has 4 heteroatoms. The van der Waals surface area contributed by atoms with E-state index in [4.69, 9.17) is 4.74 Å². The van der Waals surface area contributed by atoms with Crippen LogP contribution in [0.1, 0.15) is 30.6 Å². The van der Waals surface area contributed by atoms with Crippen LogP contribution in [0.25, 0.3) is 0 Å². The van der Waals surface area contributed by atoms with E-state index in [1.165, 1.54) is 0 Å². The van der Waals surface area contributed by atoms with E-state index in [1.807, 2.05) is 50.6 Å². The maximum atomic E-state index is 10.1. The van der Waals surface area contributed by atoms with Crippen molar-refractivity contribution in [3.05, 3.63) is 47.8 Å². The Labute approximate surface area is 113 Å². The van der Waals surface area contributed by atoms with Crippen LogP contribution in [0.3, 0.4) is 0 Å². The minimum Gasteiger partial charge on any atom is -0.494 e. The van der Waals surface area contributed by atoms with Crippen LogP contribution in [0, 0.1) is 0 Å². The summed E-state index contributed by atoms with van der Waals surface area (Å²) in [4.78, 5) is 0. The van der Waals surface area contributed by atoms with Gasteiger partial charge in [0.05, 0.1) is 18.9 Å². The first-order valence-electron chi connectivity index (χ1n) is 6.57. The lowest BCUT2D eigenvalue weighted by Gasteiger charge is -2.11. The number of benzene rings is 1. The third kappa shape index (κ3) is 3.83. The minimum atomic E-state index is -0.448. The number of aryl methyl sites for hydroxylation is 2. The van der Waals surface area contributed by atoms with Crippen molar-refractivity contribution < 1.29 is 9.84 Å². The standard InChI is InChI=1S/C15H20N2O2/c1-3-19-14-7-5-13(6-8-14)15(18)9-4-12-10-16-17(2)11-12/h5-8,10-11,15,18H,3-4,9H2,1-2H3. The normalized spacial score (nSPS) is 12.4. The summed E-state index contributed by atoms with van der Waals surface area (Å²) in [6, 6.07) is 7.62. The number of aliphatic hydroxyl groups excluding tert-OH is 1. The predicted molar refractivity (Wildman–Crippen MR) is 74.1 cm³/mol. The average molecular weight is 260 g/mol. The molecule has 4 nitrogen and oxygen atoms in total. The van der Waals surface area contributed by atoms with Crippen LogP contribution in [0.15, 0.2) is 36.7 Å². The second kappa shape index (κ2) is 6.38. The summed E-state index contributed by atoms with van der Waals surface area (Å²) in [5.74, 6) is 0.839. The molecule has 0 bridgehead atoms. The zero-order chi connectivity index (χ0) is 13.7. The Hall–Kier alpha value is -1.81. The molecule has 0 saturated carbocycles. The van der Waals surface area contributed by atoms with E-state index in [0.717, 1.165) is 23.3 Å². The number of hydrogen-bond acceptors (Lipinski definition) is 3. The molecule has 0 amide bonds. The Balaban J connectivity index is 1.90. The molecule has 1 heterocycles. The van der Waals surface area contributed by atoms with E-state index in [1.54, 1.807) is 4.68 Å². The molecule has 1 atom stereocenters. The molecule has 0 saturated heterocycles. The molecular formula is C15H20N2O2. The van der Waals surface area contributed by atoms with Gasteiger partial charge in [0.2, 0.25) is 0 Å². The van der Waals surface area contributed by atoms with Crippen molar-refractivity contribution in [2.75, 3.05) is 6.61 Å². The summed E-state index contributed by atoms with van der Waals surface area (Å²) in [6.45, 7) is 2.61. The monoisotopic (exact) mass is 260 g/mol. The van der Waals surface area contributed by atoms with Crippen molar-refractivity contribution in [1.29, 1.82) is 0 Å². The highest BCUT2D eigenvalue weighted by Crippen LogP contribution is 2.21. The van der Waals surface area contributed by atoms with Gasteiger partial charge in [0.25, 0.3) is 0 Å². The molecule has 19 heavy (non-hydrogen) atoms. The smallest absolute Gasteiger partial charge is 0.119 e. The third-order valence-corrected chi connectivity index (χ3v) is 3.04. The van der Waals surface area contributed by atoms with Crippen LogP contribution in [-0.4, -0.2) is 21.5 Å². The zero-order valence-corrected chi connectivity index (χ0v) is 11.4. The lowest BCUT2D eigenvalue weighted by molar-refractivity contribution is 0.167. The molecule has 0 aliphatic heterocycles. The van der Waals surface area contributed by atoms with Gasteiger partial charge in [-0.15, -0.1) is 0 Å². The first-order chi connectivity index (χ1) is 9.19. The zero-order valence-electron chi connectivity index (χ0n) is 11.4. The fourth-order valence-corrected chi connectivity index (χ4v) is 2.02. The minimum absolute atomic E-state index is 0.448. The molecule has 0 aliphatic carbocycles. The summed E-state index contributed by atoms with van der Waals surface area (Å²) < 4.78 is 7.16. The van der Waals surface area contributed by atoms with Gasteiger partial charge in [-0.25, -0.2) is 0 Å². The van der Waals surface area contributed by atoms with Gasteiger partial charge in [0.15, 0.2) is 0 Å². The van der Waals surface area contributed by atoms with Crippen molar-refractivity contribution in [1.82, 2.24) is 9.78 Å². The Kier molecular flexibility index (Phi) is 4.58. The van der Waals surface area contributed by atoms with Crippen molar-refractivity contribution in [3.8, 4) is 5.75 Å². The van der Waals surface area contributed by atoms with Gasteiger partial charge < -0.3 is 9.84 Å². The Morgan fingerprint density at radius 3 is 2.63 bits per heavy atom. The number of ether oxygens (including phenoxy) is 1. The van der Waals surface area contributed by atoms with Gasteiger partial charge in [-0.1, -0.05) is 12.1 Å². The summed E-state index contributed by atoms with van der Waals surface area (Å²) in [5, 5.41) is 14.3. The van der Waals surface area contributed by atoms with Gasteiger partial charge in [0, 0.05) is 13.2 Å². The molecule has 2 aromatic rings. The van der Waals surface area contributed by atoms with E-state index in [0.29, 0.717) is 13.0 Å². The summed E-state index contributed by atoms with van der Waals surface area (Å²) in [5.41, 5.74) is 2.07. The van der Waals surface area contributed by atoms with Crippen LogP contribution < -0.4 is 4.74 Å². The van der Waals surface area contributed by atoms with Crippen molar-refractivity contribution in [3.63, 3.8) is 0 Å². The fraction of sp³-hybridized carbons (Fsp3) is 0.400. The van der Waals surface area contributed by atoms with E-state index in [2.05, 4.69) is 5.10 Å². The van der Waals surface area contributed by atoms with Gasteiger partial charge in [-0.2, -0.15) is 5.10 Å². The van der Waals surface area contributed by atoms with E-state index in [9.17, 15) is 5.11 Å². The Morgan fingerprint density at radius 1 is 1.32 bits per heavy atom. The number of hydrogen-bond donors (Lipinski definition) is 1. The number of rotatable bonds is 6. The topological polar surface area (TPSA) is 47.3 Å². The van der Waals surface area contributed by atoms with Gasteiger partial charge in [-0.05, 0) is 43.0 Å². The molecule has 0 spiro atoms. The quantitative estimate of drug-likeness (QED) is 0.868. The summed E-state index contributed by atoms with van der Waals surface area (Å²) >= 11 is 0. The molecule has 1 N–H and O–H groups in total. The average Bonchev–Trinajstić information content (AvgIpc) is 2.83. The van der Waals surface area contributed by atoms with Crippen LogP contribution in [0.2, 0.25) is 0 Å². The molecule has 1 unspecified atom stereocenters. The third-order valence-electron chi connectivity index (χ3n) is 3.04. The predicted octanol–water partition coefficient (Wildman–Crippen LogP) is 2.49. The number of nitrogens with zero attached hydrogens (tertiary/aromatic N) is 2. The van der Waals surface area contributed by atoms with E-state index >= 15 is 0 Å². The highest BCUT2D eigenvalue weighted by Gasteiger charge is 2.08. The van der Waals surface area contributed by atoms with Crippen LogP contribution in [0.5, 0.6) is 5.75 Å². The lowest BCUT2D eigenvalue weighted by Crippen LogP contribution is -2.00. The number of aliphatic hydroxyl groups is 1. The molecule has 0 aliphatic rings. The molecule has 1 aromatic carbocycles. The largest absolute Gasteiger partial charge is 0.494 e. The maximum absolute atomic E-state index is 10.1. The first kappa shape index (κ1) is 13.6. The Morgan fingerprint density at radius 2 is 2.05 bits per heavy atom. The van der Waals surface area contributed by atoms with Crippen LogP contribution in [-0.2, 0) is 13.5 Å². The molecule has 102 valence electrons. The summed E-state index contributed by atoms with van der Waals surface area (Å²) in [7, 11) is 1.90. The first-order valence-corrected chi connectivity index (χ1v) is 6.57. The molecule has 0 radical (unpaired) electrons. The highest BCUT2D eigenvalue weighted by atomic mass is 16.5. The molecule has 1 aromatic heterocycles. The second-order valence-corrected chi connectivity index (χ2v) is 4.58. The fourth-order valence-electron chi connectivity index (χ4n) is 2.02. The molecule has 0 fully saturated rings. The van der Waals surface area contributed by atoms with Gasteiger partial charge in [-0.3, -0.25) is 4.68 Å². The van der Waals surface area contributed by atoms with Crippen LogP contribution >= 0.6 is 0 Å². The SMILES string of the molecule is CCOc1ccc(C(O)CCc2cnn(C)c2)cc1. The van der Waals surface area contributed by atoms with Crippen molar-refractivity contribution in [2.24, 2.45) is 7.05 Å². The second-order valence-electron chi connectivity index (χ2n) is 4.58.